The van der Waals surface area contributed by atoms with Gasteiger partial charge in [-0.25, -0.2) is 18.0 Å². The van der Waals surface area contributed by atoms with Crippen molar-refractivity contribution in [3.63, 3.8) is 0 Å². The number of likely N-dealkylation sites (tertiary alicyclic amines) is 1. The second kappa shape index (κ2) is 10.3. The van der Waals surface area contributed by atoms with Crippen LogP contribution in [0.25, 0.3) is 11.3 Å². The van der Waals surface area contributed by atoms with Gasteiger partial charge < -0.3 is 10.1 Å². The Hall–Kier alpha value is -3.37. The van der Waals surface area contributed by atoms with E-state index in [-0.39, 0.29) is 17.8 Å². The van der Waals surface area contributed by atoms with E-state index in [1.807, 2.05) is 0 Å². The van der Waals surface area contributed by atoms with Crippen molar-refractivity contribution in [2.24, 2.45) is 7.05 Å². The molecule has 1 saturated heterocycles. The maximum absolute atomic E-state index is 13.9. The van der Waals surface area contributed by atoms with E-state index in [4.69, 9.17) is 4.74 Å². The van der Waals surface area contributed by atoms with Crippen molar-refractivity contribution in [2.45, 2.75) is 12.0 Å². The van der Waals surface area contributed by atoms with E-state index in [1.165, 1.54) is 22.9 Å². The number of ether oxygens (including phenoxy) is 1. The number of nitrogens with one attached hydrogen (secondary N) is 2. The highest BCUT2D eigenvalue weighted by Gasteiger charge is 2.35. The van der Waals surface area contributed by atoms with Gasteiger partial charge in [0.25, 0.3) is 0 Å². The second-order valence-corrected chi connectivity index (χ2v) is 8.29. The Bertz CT molecular complexity index is 1170. The number of hydrogen-bond acceptors (Lipinski definition) is 4. The van der Waals surface area contributed by atoms with Crippen LogP contribution in [0.2, 0.25) is 0 Å². The van der Waals surface area contributed by atoms with Gasteiger partial charge in [0.2, 0.25) is 0 Å². The average molecular weight is 473 g/mol. The first-order valence-electron chi connectivity index (χ1n) is 10.9. The molecule has 1 aliphatic heterocycles. The predicted molar refractivity (Wildman–Crippen MR) is 122 cm³/mol. The molecule has 3 aromatic rings. The van der Waals surface area contributed by atoms with E-state index < -0.39 is 17.7 Å². The van der Waals surface area contributed by atoms with Gasteiger partial charge in [-0.15, -0.1) is 0 Å². The molecular formula is C24H26F3N5O2. The van der Waals surface area contributed by atoms with E-state index in [9.17, 15) is 18.0 Å². The third kappa shape index (κ3) is 5.40. The van der Waals surface area contributed by atoms with Crippen molar-refractivity contribution in [1.82, 2.24) is 20.0 Å². The Labute approximate surface area is 195 Å². The average Bonchev–Trinajstić information content (AvgIpc) is 3.37. The summed E-state index contributed by atoms with van der Waals surface area (Å²) in [6, 6.07) is 10.7. The van der Waals surface area contributed by atoms with E-state index in [2.05, 4.69) is 20.6 Å². The van der Waals surface area contributed by atoms with Crippen LogP contribution in [-0.2, 0) is 11.8 Å². The molecule has 0 saturated carbocycles. The Kier molecular flexibility index (Phi) is 7.18. The summed E-state index contributed by atoms with van der Waals surface area (Å²) in [7, 11) is 3.28. The number of rotatable bonds is 7. The molecule has 0 radical (unpaired) electrons. The third-order valence-corrected chi connectivity index (χ3v) is 5.94. The van der Waals surface area contributed by atoms with Gasteiger partial charge in [0, 0.05) is 51.3 Å². The van der Waals surface area contributed by atoms with Gasteiger partial charge in [-0.2, -0.15) is 5.10 Å². The van der Waals surface area contributed by atoms with E-state index in [1.54, 1.807) is 38.4 Å². The van der Waals surface area contributed by atoms with Gasteiger partial charge in [0.15, 0.2) is 11.6 Å². The van der Waals surface area contributed by atoms with Crippen LogP contribution in [0.4, 0.5) is 23.8 Å². The molecule has 0 unspecified atom stereocenters. The summed E-state index contributed by atoms with van der Waals surface area (Å²) in [4.78, 5) is 14.9. The maximum Gasteiger partial charge on any atom is 0.320 e. The van der Waals surface area contributed by atoms with Crippen LogP contribution in [0, 0.1) is 17.5 Å². The van der Waals surface area contributed by atoms with Crippen LogP contribution in [0.15, 0.2) is 48.5 Å². The molecule has 1 aromatic heterocycles. The number of nitrogens with zero attached hydrogens (tertiary/aromatic N) is 3. The van der Waals surface area contributed by atoms with Crippen LogP contribution in [0.1, 0.15) is 11.5 Å². The lowest BCUT2D eigenvalue weighted by atomic mass is 9.94. The summed E-state index contributed by atoms with van der Waals surface area (Å²) < 4.78 is 47.5. The lowest BCUT2D eigenvalue weighted by Crippen LogP contribution is -2.42. The summed E-state index contributed by atoms with van der Waals surface area (Å²) in [5.41, 5.74) is 1.72. The number of carbonyl (C=O) groups excluding carboxylic acids is 1. The minimum atomic E-state index is -0.921. The summed E-state index contributed by atoms with van der Waals surface area (Å²) in [5, 5.41) is 10.1. The number of hydrogen-bond donors (Lipinski definition) is 2. The molecule has 0 aliphatic carbocycles. The zero-order valence-corrected chi connectivity index (χ0v) is 18.9. The van der Waals surface area contributed by atoms with Crippen LogP contribution >= 0.6 is 0 Å². The van der Waals surface area contributed by atoms with Gasteiger partial charge in [0.05, 0.1) is 18.3 Å². The van der Waals surface area contributed by atoms with Gasteiger partial charge in [-0.1, -0.05) is 18.2 Å². The molecular weight excluding hydrogens is 447 g/mol. The van der Waals surface area contributed by atoms with Gasteiger partial charge in [-0.05, 0) is 29.8 Å². The normalized spacial score (nSPS) is 18.3. The molecule has 1 aliphatic rings. The zero-order chi connectivity index (χ0) is 24.2. The van der Waals surface area contributed by atoms with Crippen molar-refractivity contribution in [2.75, 3.05) is 38.7 Å². The van der Waals surface area contributed by atoms with Crippen LogP contribution < -0.4 is 10.6 Å². The molecule has 2 amide bonds. The molecule has 34 heavy (non-hydrogen) atoms. The Morgan fingerprint density at radius 3 is 2.68 bits per heavy atom. The first-order chi connectivity index (χ1) is 16.3. The Morgan fingerprint density at radius 1 is 1.12 bits per heavy atom. The number of halogens is 3. The van der Waals surface area contributed by atoms with Gasteiger partial charge in [-0.3, -0.25) is 14.9 Å². The summed E-state index contributed by atoms with van der Waals surface area (Å²) in [6.45, 7) is 2.26. The van der Waals surface area contributed by atoms with Crippen LogP contribution in [0.3, 0.4) is 0 Å². The summed E-state index contributed by atoms with van der Waals surface area (Å²) in [5.74, 6) is -2.01. The fourth-order valence-corrected chi connectivity index (χ4v) is 4.21. The highest BCUT2D eigenvalue weighted by Crippen LogP contribution is 2.29. The molecule has 2 atom stereocenters. The number of methoxy groups -OCH3 is 1. The largest absolute Gasteiger partial charge is 0.383 e. The molecule has 4 rings (SSSR count). The number of aryl methyl sites for hydroxylation is 1. The highest BCUT2D eigenvalue weighted by molar-refractivity contribution is 5.89. The van der Waals surface area contributed by atoms with Crippen molar-refractivity contribution >= 4 is 11.8 Å². The molecule has 1 fully saturated rings. The standard InChI is InChI=1S/C24H26F3N5O2/c1-31-23(12-21(30-31)16-4-3-5-17(25)10-16)29-24(33)28-22-14-32(8-9-34-2)13-18(22)15-6-7-19(26)20(27)11-15/h3-7,10-12,18,22H,8-9,13-14H2,1-2H3,(H2,28,29,33)/t18-,22+/m0/s1. The number of urea groups is 1. The molecule has 2 aromatic carbocycles. The summed E-state index contributed by atoms with van der Waals surface area (Å²) >= 11 is 0. The van der Waals surface area contributed by atoms with Crippen molar-refractivity contribution in [3.8, 4) is 11.3 Å². The fraction of sp³-hybridized carbons (Fsp3) is 0.333. The topological polar surface area (TPSA) is 71.4 Å². The SMILES string of the molecule is COCCN1C[C@@H](NC(=O)Nc2cc(-c3cccc(F)c3)nn2C)[C@H](c2ccc(F)c(F)c2)C1. The number of benzene rings is 2. The molecule has 7 nitrogen and oxygen atoms in total. The van der Waals surface area contributed by atoms with Crippen molar-refractivity contribution in [3.05, 3.63) is 71.5 Å². The smallest absolute Gasteiger partial charge is 0.320 e. The van der Waals surface area contributed by atoms with E-state index >= 15 is 0 Å². The van der Waals surface area contributed by atoms with Crippen LogP contribution in [-0.4, -0.2) is 60.1 Å². The minimum Gasteiger partial charge on any atom is -0.383 e. The fourth-order valence-electron chi connectivity index (χ4n) is 4.21. The third-order valence-electron chi connectivity index (χ3n) is 5.94. The lowest BCUT2D eigenvalue weighted by Gasteiger charge is -2.20. The Balaban J connectivity index is 1.48. The molecule has 2 heterocycles. The molecule has 10 heteroatoms. The monoisotopic (exact) mass is 473 g/mol. The van der Waals surface area contributed by atoms with E-state index in [0.717, 1.165) is 6.07 Å². The minimum absolute atomic E-state index is 0.230. The van der Waals surface area contributed by atoms with Crippen molar-refractivity contribution < 1.29 is 22.7 Å². The maximum atomic E-state index is 13.9. The second-order valence-electron chi connectivity index (χ2n) is 8.29. The summed E-state index contributed by atoms with van der Waals surface area (Å²) in [6.07, 6.45) is 0. The molecule has 2 N–H and O–H groups in total. The number of amides is 2. The molecule has 0 bridgehead atoms. The molecule has 0 spiro atoms. The first-order valence-corrected chi connectivity index (χ1v) is 10.9. The predicted octanol–water partition coefficient (Wildman–Crippen LogP) is 3.74. The quantitative estimate of drug-likeness (QED) is 0.549. The molecule has 180 valence electrons. The van der Waals surface area contributed by atoms with Gasteiger partial charge >= 0.3 is 6.03 Å². The Morgan fingerprint density at radius 2 is 1.94 bits per heavy atom. The van der Waals surface area contributed by atoms with Gasteiger partial charge in [0.1, 0.15) is 11.6 Å². The number of anilines is 1. The van der Waals surface area contributed by atoms with Crippen LogP contribution in [0.5, 0.6) is 0 Å². The highest BCUT2D eigenvalue weighted by atomic mass is 19.2. The van der Waals surface area contributed by atoms with E-state index in [0.29, 0.717) is 48.9 Å². The van der Waals surface area contributed by atoms with Crippen molar-refractivity contribution in [1.29, 1.82) is 0 Å². The first kappa shape index (κ1) is 23.8. The number of carbonyl (C=O) groups is 1. The number of aromatic nitrogens is 2. The lowest BCUT2D eigenvalue weighted by molar-refractivity contribution is 0.159. The zero-order valence-electron chi connectivity index (χ0n) is 18.9.